The number of carbonyl (C=O) groups is 1. The molecular formula is C28H32F2N6O3. The Labute approximate surface area is 226 Å². The largest absolute Gasteiger partial charge is 0.486 e. The van der Waals surface area contributed by atoms with E-state index in [9.17, 15) is 13.6 Å². The number of aromatic nitrogens is 3. The maximum atomic E-state index is 15.0. The van der Waals surface area contributed by atoms with Crippen LogP contribution in [0.3, 0.4) is 0 Å². The molecule has 0 bridgehead atoms. The summed E-state index contributed by atoms with van der Waals surface area (Å²) in [5, 5.41) is 3.03. The van der Waals surface area contributed by atoms with Crippen molar-refractivity contribution in [3.05, 3.63) is 53.4 Å². The number of anilines is 3. The number of rotatable bonds is 4. The highest BCUT2D eigenvalue weighted by Crippen LogP contribution is 2.39. The van der Waals surface area contributed by atoms with Crippen molar-refractivity contribution in [2.24, 2.45) is 0 Å². The number of nitrogens with one attached hydrogen (secondary N) is 1. The van der Waals surface area contributed by atoms with Crippen LogP contribution in [-0.2, 0) is 17.7 Å². The zero-order chi connectivity index (χ0) is 27.9. The van der Waals surface area contributed by atoms with E-state index in [2.05, 4.69) is 20.3 Å². The molecule has 1 amide bonds. The molecule has 0 spiro atoms. The third-order valence-corrected chi connectivity index (χ3v) is 6.49. The molecule has 0 unspecified atom stereocenters. The van der Waals surface area contributed by atoms with Gasteiger partial charge >= 0.3 is 6.09 Å². The Kier molecular flexibility index (Phi) is 7.00. The van der Waals surface area contributed by atoms with Crippen LogP contribution in [0.4, 0.5) is 31.0 Å². The van der Waals surface area contributed by atoms with Crippen molar-refractivity contribution in [3.63, 3.8) is 0 Å². The first kappa shape index (κ1) is 26.6. The summed E-state index contributed by atoms with van der Waals surface area (Å²) in [7, 11) is 0. The van der Waals surface area contributed by atoms with Crippen LogP contribution in [-0.4, -0.2) is 57.3 Å². The summed E-state index contributed by atoms with van der Waals surface area (Å²) < 4.78 is 40.9. The van der Waals surface area contributed by atoms with Crippen molar-refractivity contribution in [2.45, 2.75) is 59.2 Å². The summed E-state index contributed by atoms with van der Waals surface area (Å²) in [6, 6.07) is 6.66. The molecule has 0 radical (unpaired) electrons. The van der Waals surface area contributed by atoms with Crippen LogP contribution < -0.4 is 15.0 Å². The molecule has 11 heteroatoms. The zero-order valence-electron chi connectivity index (χ0n) is 22.7. The van der Waals surface area contributed by atoms with Crippen LogP contribution in [0.1, 0.15) is 45.9 Å². The number of nitrogens with zero attached hydrogens (tertiary/aromatic N) is 5. The molecule has 4 heterocycles. The quantitative estimate of drug-likeness (QED) is 0.468. The Bertz CT molecular complexity index is 1410. The molecule has 2 aliphatic rings. The van der Waals surface area contributed by atoms with E-state index in [0.29, 0.717) is 44.2 Å². The minimum Gasteiger partial charge on any atom is -0.486 e. The number of halogens is 2. The number of carbonyl (C=O) groups excluding carboxylic acids is 1. The lowest BCUT2D eigenvalue weighted by atomic mass is 10.1. The third kappa shape index (κ3) is 5.71. The second-order valence-corrected chi connectivity index (χ2v) is 10.9. The van der Waals surface area contributed by atoms with Crippen molar-refractivity contribution in [1.82, 2.24) is 19.9 Å². The lowest BCUT2D eigenvalue weighted by Gasteiger charge is -2.34. The summed E-state index contributed by atoms with van der Waals surface area (Å²) in [4.78, 5) is 29.2. The van der Waals surface area contributed by atoms with E-state index in [1.54, 1.807) is 17.0 Å². The maximum absolute atomic E-state index is 15.0. The van der Waals surface area contributed by atoms with Crippen LogP contribution in [0.5, 0.6) is 5.75 Å². The van der Waals surface area contributed by atoms with Crippen LogP contribution in [0, 0.1) is 11.6 Å². The van der Waals surface area contributed by atoms with Gasteiger partial charge in [0.25, 0.3) is 0 Å². The van der Waals surface area contributed by atoms with Gasteiger partial charge in [-0.1, -0.05) is 6.07 Å². The number of pyridine rings is 1. The second-order valence-electron chi connectivity index (χ2n) is 10.9. The molecule has 2 aromatic heterocycles. The minimum atomic E-state index is -0.673. The van der Waals surface area contributed by atoms with Crippen molar-refractivity contribution in [3.8, 4) is 17.0 Å². The molecule has 0 fully saturated rings. The maximum Gasteiger partial charge on any atom is 0.410 e. The Balaban J connectivity index is 1.37. The first-order chi connectivity index (χ1) is 18.5. The third-order valence-electron chi connectivity index (χ3n) is 6.49. The van der Waals surface area contributed by atoms with Crippen molar-refractivity contribution >= 4 is 23.5 Å². The van der Waals surface area contributed by atoms with E-state index in [0.717, 1.165) is 17.5 Å². The van der Waals surface area contributed by atoms with Gasteiger partial charge in [-0.15, -0.1) is 0 Å². The van der Waals surface area contributed by atoms with Crippen molar-refractivity contribution in [1.29, 1.82) is 0 Å². The predicted molar refractivity (Wildman–Crippen MR) is 143 cm³/mol. The van der Waals surface area contributed by atoms with Crippen LogP contribution in [0.2, 0.25) is 0 Å². The van der Waals surface area contributed by atoms with E-state index in [-0.39, 0.29) is 35.1 Å². The molecular weight excluding hydrogens is 506 g/mol. The molecule has 0 saturated carbocycles. The molecule has 0 aliphatic carbocycles. The van der Waals surface area contributed by atoms with E-state index < -0.39 is 17.2 Å². The summed E-state index contributed by atoms with van der Waals surface area (Å²) >= 11 is 0. The molecule has 1 aromatic carbocycles. The lowest BCUT2D eigenvalue weighted by Crippen LogP contribution is -2.40. The summed E-state index contributed by atoms with van der Waals surface area (Å²) in [5.41, 5.74) is 2.01. The van der Waals surface area contributed by atoms with Gasteiger partial charge in [-0.3, -0.25) is 0 Å². The topological polar surface area (TPSA) is 92.7 Å². The lowest BCUT2D eigenvalue weighted by molar-refractivity contribution is 0.0223. The molecule has 0 saturated heterocycles. The SMILES string of the molecule is CC(C)N1CCOc2c(F)cc(-c3nc(Nc4ccc5c(n4)CCN(C(=O)OC(C)(C)C)C5)ncc3F)cc21. The Morgan fingerprint density at radius 3 is 2.67 bits per heavy atom. The highest BCUT2D eigenvalue weighted by Gasteiger charge is 2.27. The van der Waals surface area contributed by atoms with Gasteiger partial charge < -0.3 is 24.6 Å². The van der Waals surface area contributed by atoms with Gasteiger partial charge in [0.1, 0.15) is 23.7 Å². The second kappa shape index (κ2) is 10.3. The minimum absolute atomic E-state index is 0.0329. The zero-order valence-corrected chi connectivity index (χ0v) is 22.7. The molecule has 5 rings (SSSR count). The molecule has 3 aromatic rings. The average molecular weight is 539 g/mol. The Hall–Kier alpha value is -4.02. The number of ether oxygens (including phenoxy) is 2. The molecule has 9 nitrogen and oxygen atoms in total. The Morgan fingerprint density at radius 1 is 1.13 bits per heavy atom. The highest BCUT2D eigenvalue weighted by molar-refractivity contribution is 5.73. The summed E-state index contributed by atoms with van der Waals surface area (Å²) in [6.07, 6.45) is 1.25. The van der Waals surface area contributed by atoms with E-state index in [1.165, 1.54) is 6.07 Å². The first-order valence-corrected chi connectivity index (χ1v) is 13.0. The predicted octanol–water partition coefficient (Wildman–Crippen LogP) is 5.46. The molecule has 2 aliphatic heterocycles. The van der Waals surface area contributed by atoms with Gasteiger partial charge in [-0.05, 0) is 58.4 Å². The monoisotopic (exact) mass is 538 g/mol. The van der Waals surface area contributed by atoms with E-state index in [4.69, 9.17) is 9.47 Å². The number of hydrogen-bond acceptors (Lipinski definition) is 8. The number of fused-ring (bicyclic) bond motifs is 2. The van der Waals surface area contributed by atoms with E-state index in [1.807, 2.05) is 45.6 Å². The van der Waals surface area contributed by atoms with Gasteiger partial charge in [0.15, 0.2) is 17.4 Å². The number of hydrogen-bond donors (Lipinski definition) is 1. The molecule has 1 N–H and O–H groups in total. The highest BCUT2D eigenvalue weighted by atomic mass is 19.1. The van der Waals surface area contributed by atoms with Gasteiger partial charge in [0, 0.05) is 30.3 Å². The first-order valence-electron chi connectivity index (χ1n) is 13.0. The fraction of sp³-hybridized carbons (Fsp3) is 0.429. The smallest absolute Gasteiger partial charge is 0.410 e. The van der Waals surface area contributed by atoms with E-state index >= 15 is 0 Å². The normalized spacial score (nSPS) is 15.0. The molecule has 0 atom stereocenters. The van der Waals surface area contributed by atoms with Gasteiger partial charge in [0.2, 0.25) is 5.95 Å². The van der Waals surface area contributed by atoms with Crippen LogP contribution >= 0.6 is 0 Å². The van der Waals surface area contributed by atoms with Crippen molar-refractivity contribution < 1.29 is 23.0 Å². The summed E-state index contributed by atoms with van der Waals surface area (Å²) in [5.74, 6) is -0.478. The fourth-order valence-electron chi connectivity index (χ4n) is 4.69. The van der Waals surface area contributed by atoms with Crippen molar-refractivity contribution in [2.75, 3.05) is 29.9 Å². The number of benzene rings is 1. The Morgan fingerprint density at radius 2 is 1.92 bits per heavy atom. The number of amides is 1. The van der Waals surface area contributed by atoms with Crippen LogP contribution in [0.25, 0.3) is 11.3 Å². The van der Waals surface area contributed by atoms with Gasteiger partial charge in [-0.25, -0.2) is 28.5 Å². The summed E-state index contributed by atoms with van der Waals surface area (Å²) in [6.45, 7) is 11.4. The van der Waals surface area contributed by atoms with Crippen LogP contribution in [0.15, 0.2) is 30.5 Å². The van der Waals surface area contributed by atoms with Gasteiger partial charge in [0.05, 0.1) is 25.0 Å². The van der Waals surface area contributed by atoms with Gasteiger partial charge in [-0.2, -0.15) is 0 Å². The standard InChI is InChI=1S/C28H32F2N6O3/c1-16(2)36-10-11-38-25-19(29)12-18(13-22(25)36)24-20(30)14-31-26(34-24)33-23-7-6-17-15-35(9-8-21(17)32-23)27(37)39-28(3,4)5/h6-7,12-14,16H,8-11,15H2,1-5H3,(H,31,32,33,34). The fourth-order valence-corrected chi connectivity index (χ4v) is 4.69. The average Bonchev–Trinajstić information content (AvgIpc) is 2.88. The molecule has 206 valence electrons. The molecule has 39 heavy (non-hydrogen) atoms.